The maximum absolute atomic E-state index is 12.3. The Morgan fingerprint density at radius 1 is 0.833 bits per heavy atom. The first-order chi connectivity index (χ1) is 14.5. The summed E-state index contributed by atoms with van der Waals surface area (Å²) in [5.41, 5.74) is 1.55. The van der Waals surface area contributed by atoms with E-state index in [1.807, 2.05) is 0 Å². The van der Waals surface area contributed by atoms with E-state index in [1.54, 1.807) is 42.5 Å². The first-order valence-corrected chi connectivity index (χ1v) is 9.70. The average Bonchev–Trinajstić information content (AvgIpc) is 3.62. The Morgan fingerprint density at radius 3 is 1.87 bits per heavy atom. The molecule has 1 fully saturated rings. The molecule has 3 N–H and O–H groups in total. The van der Waals surface area contributed by atoms with E-state index in [-0.39, 0.29) is 36.7 Å². The molecule has 0 bridgehead atoms. The van der Waals surface area contributed by atoms with Gasteiger partial charge in [0.1, 0.15) is 11.5 Å². The number of hydrogen-bond acceptors (Lipinski definition) is 5. The lowest BCUT2D eigenvalue weighted by molar-refractivity contribution is -0.117. The molecular weight excluding hydrogens is 386 g/mol. The molecule has 0 saturated heterocycles. The lowest BCUT2D eigenvalue weighted by atomic mass is 10.2. The summed E-state index contributed by atoms with van der Waals surface area (Å²) in [6.45, 7) is 0.533. The second-order valence-electron chi connectivity index (χ2n) is 6.95. The lowest BCUT2D eigenvalue weighted by Crippen LogP contribution is -2.34. The second kappa shape index (κ2) is 9.78. The highest BCUT2D eigenvalue weighted by atomic mass is 16.5. The largest absolute Gasteiger partial charge is 0.497 e. The van der Waals surface area contributed by atoms with Gasteiger partial charge in [-0.15, -0.1) is 0 Å². The Labute approximate surface area is 174 Å². The first-order valence-electron chi connectivity index (χ1n) is 9.70. The van der Waals surface area contributed by atoms with Crippen LogP contribution in [0.5, 0.6) is 11.5 Å². The third-order valence-corrected chi connectivity index (χ3v) is 4.67. The SMILES string of the molecule is COc1cc(OC)cc(C(=O)NCCNC(=O)c2ccc(NC(=O)C3CC3)cc2)c1. The summed E-state index contributed by atoms with van der Waals surface area (Å²) in [5.74, 6) is 0.636. The van der Waals surface area contributed by atoms with Crippen LogP contribution in [-0.2, 0) is 4.79 Å². The Bertz CT molecular complexity index is 901. The summed E-state index contributed by atoms with van der Waals surface area (Å²) in [7, 11) is 3.03. The monoisotopic (exact) mass is 411 g/mol. The van der Waals surface area contributed by atoms with E-state index in [0.717, 1.165) is 12.8 Å². The molecule has 0 unspecified atom stereocenters. The number of nitrogens with one attached hydrogen (secondary N) is 3. The molecule has 0 spiro atoms. The van der Waals surface area contributed by atoms with E-state index < -0.39 is 0 Å². The molecule has 0 aromatic heterocycles. The van der Waals surface area contributed by atoms with Crippen molar-refractivity contribution >= 4 is 23.4 Å². The average molecular weight is 411 g/mol. The van der Waals surface area contributed by atoms with Crippen molar-refractivity contribution in [2.75, 3.05) is 32.6 Å². The van der Waals surface area contributed by atoms with Gasteiger partial charge in [-0.2, -0.15) is 0 Å². The predicted molar refractivity (Wildman–Crippen MR) is 112 cm³/mol. The summed E-state index contributed by atoms with van der Waals surface area (Å²) in [4.78, 5) is 36.3. The Balaban J connectivity index is 1.44. The van der Waals surface area contributed by atoms with Crippen LogP contribution in [0.4, 0.5) is 5.69 Å². The Morgan fingerprint density at radius 2 is 1.37 bits per heavy atom. The van der Waals surface area contributed by atoms with Gasteiger partial charge in [-0.25, -0.2) is 0 Å². The van der Waals surface area contributed by atoms with E-state index in [4.69, 9.17) is 9.47 Å². The molecule has 3 rings (SSSR count). The highest BCUT2D eigenvalue weighted by Gasteiger charge is 2.29. The van der Waals surface area contributed by atoms with Crippen molar-refractivity contribution in [1.29, 1.82) is 0 Å². The van der Waals surface area contributed by atoms with Gasteiger partial charge >= 0.3 is 0 Å². The van der Waals surface area contributed by atoms with Crippen LogP contribution < -0.4 is 25.4 Å². The molecule has 0 heterocycles. The topological polar surface area (TPSA) is 106 Å². The van der Waals surface area contributed by atoms with Crippen molar-refractivity contribution in [3.05, 3.63) is 53.6 Å². The minimum absolute atomic E-state index is 0.0246. The van der Waals surface area contributed by atoms with Crippen molar-refractivity contribution in [3.63, 3.8) is 0 Å². The lowest BCUT2D eigenvalue weighted by Gasteiger charge is -2.10. The van der Waals surface area contributed by atoms with Crippen LogP contribution in [0.1, 0.15) is 33.6 Å². The summed E-state index contributed by atoms with van der Waals surface area (Å²) >= 11 is 0. The van der Waals surface area contributed by atoms with Gasteiger partial charge in [-0.1, -0.05) is 0 Å². The standard InChI is InChI=1S/C22H25N3O5/c1-29-18-11-16(12-19(13-18)30-2)21(27)24-10-9-23-20(26)14-5-7-17(8-6-14)25-22(28)15-3-4-15/h5-8,11-13,15H,3-4,9-10H2,1-2H3,(H,23,26)(H,24,27)(H,25,28). The number of ether oxygens (including phenoxy) is 2. The van der Waals surface area contributed by atoms with Crippen LogP contribution in [0, 0.1) is 5.92 Å². The summed E-state index contributed by atoms with van der Waals surface area (Å²) in [5, 5.41) is 8.32. The molecule has 2 aromatic carbocycles. The van der Waals surface area contributed by atoms with Crippen LogP contribution in [0.3, 0.4) is 0 Å². The Hall–Kier alpha value is -3.55. The van der Waals surface area contributed by atoms with Gasteiger partial charge in [0.2, 0.25) is 5.91 Å². The van der Waals surface area contributed by atoms with E-state index in [9.17, 15) is 14.4 Å². The minimum Gasteiger partial charge on any atom is -0.497 e. The van der Waals surface area contributed by atoms with Crippen molar-refractivity contribution in [2.45, 2.75) is 12.8 Å². The fourth-order valence-corrected chi connectivity index (χ4v) is 2.79. The number of rotatable bonds is 9. The fourth-order valence-electron chi connectivity index (χ4n) is 2.79. The quantitative estimate of drug-likeness (QED) is 0.549. The predicted octanol–water partition coefficient (Wildman–Crippen LogP) is 2.21. The van der Waals surface area contributed by atoms with Gasteiger partial charge in [0.25, 0.3) is 11.8 Å². The Kier molecular flexibility index (Phi) is 6.90. The number of methoxy groups -OCH3 is 2. The molecule has 1 aliphatic rings. The molecule has 2 aromatic rings. The first kappa shape index (κ1) is 21.2. The normalized spacial score (nSPS) is 12.6. The summed E-state index contributed by atoms with van der Waals surface area (Å²) in [6.07, 6.45) is 1.88. The number of carbonyl (C=O) groups is 3. The van der Waals surface area contributed by atoms with E-state index in [0.29, 0.717) is 28.3 Å². The number of anilines is 1. The van der Waals surface area contributed by atoms with Crippen LogP contribution >= 0.6 is 0 Å². The zero-order valence-electron chi connectivity index (χ0n) is 17.0. The van der Waals surface area contributed by atoms with Gasteiger partial charge in [0, 0.05) is 41.9 Å². The van der Waals surface area contributed by atoms with Crippen molar-refractivity contribution < 1.29 is 23.9 Å². The fraction of sp³-hybridized carbons (Fsp3) is 0.318. The van der Waals surface area contributed by atoms with Crippen molar-refractivity contribution in [1.82, 2.24) is 10.6 Å². The minimum atomic E-state index is -0.294. The van der Waals surface area contributed by atoms with Gasteiger partial charge in [0.05, 0.1) is 14.2 Å². The zero-order chi connectivity index (χ0) is 21.5. The maximum atomic E-state index is 12.3. The molecular formula is C22H25N3O5. The molecule has 158 valence electrons. The number of carbonyl (C=O) groups excluding carboxylic acids is 3. The van der Waals surface area contributed by atoms with E-state index in [2.05, 4.69) is 16.0 Å². The third kappa shape index (κ3) is 5.73. The molecule has 1 saturated carbocycles. The van der Waals surface area contributed by atoms with Crippen LogP contribution in [0.15, 0.2) is 42.5 Å². The smallest absolute Gasteiger partial charge is 0.251 e. The molecule has 0 atom stereocenters. The molecule has 3 amide bonds. The van der Waals surface area contributed by atoms with Crippen molar-refractivity contribution in [2.24, 2.45) is 5.92 Å². The van der Waals surface area contributed by atoms with E-state index in [1.165, 1.54) is 14.2 Å². The van der Waals surface area contributed by atoms with Gasteiger partial charge in [-0.05, 0) is 49.2 Å². The molecule has 1 aliphatic carbocycles. The van der Waals surface area contributed by atoms with Gasteiger partial charge in [-0.3, -0.25) is 14.4 Å². The highest BCUT2D eigenvalue weighted by Crippen LogP contribution is 2.30. The summed E-state index contributed by atoms with van der Waals surface area (Å²) < 4.78 is 10.3. The number of hydrogen-bond donors (Lipinski definition) is 3. The van der Waals surface area contributed by atoms with Gasteiger partial charge < -0.3 is 25.4 Å². The summed E-state index contributed by atoms with van der Waals surface area (Å²) in [6, 6.07) is 11.6. The second-order valence-corrected chi connectivity index (χ2v) is 6.95. The number of amides is 3. The van der Waals surface area contributed by atoms with Crippen molar-refractivity contribution in [3.8, 4) is 11.5 Å². The highest BCUT2D eigenvalue weighted by molar-refractivity contribution is 5.97. The van der Waals surface area contributed by atoms with Crippen LogP contribution in [-0.4, -0.2) is 45.0 Å². The van der Waals surface area contributed by atoms with Crippen LogP contribution in [0.2, 0.25) is 0 Å². The van der Waals surface area contributed by atoms with E-state index >= 15 is 0 Å². The molecule has 0 radical (unpaired) electrons. The maximum Gasteiger partial charge on any atom is 0.251 e. The van der Waals surface area contributed by atoms with Crippen LogP contribution in [0.25, 0.3) is 0 Å². The molecule has 30 heavy (non-hydrogen) atoms. The number of benzene rings is 2. The molecule has 8 heteroatoms. The molecule has 8 nitrogen and oxygen atoms in total. The third-order valence-electron chi connectivity index (χ3n) is 4.67. The molecule has 0 aliphatic heterocycles. The van der Waals surface area contributed by atoms with Gasteiger partial charge in [0.15, 0.2) is 0 Å². The zero-order valence-corrected chi connectivity index (χ0v) is 17.0.